The number of nitrogens with one attached hydrogen (secondary N) is 1. The van der Waals surface area contributed by atoms with Gasteiger partial charge in [-0.3, -0.25) is 4.79 Å². The molecule has 21 heavy (non-hydrogen) atoms. The summed E-state index contributed by atoms with van der Waals surface area (Å²) in [5, 5.41) is 16.6. The molecule has 1 saturated carbocycles. The average molecular weight is 285 g/mol. The van der Waals surface area contributed by atoms with E-state index in [2.05, 4.69) is 10.4 Å². The predicted molar refractivity (Wildman–Crippen MR) is 79.2 cm³/mol. The lowest BCUT2D eigenvalue weighted by molar-refractivity contribution is 0.0910. The van der Waals surface area contributed by atoms with Crippen molar-refractivity contribution >= 4 is 5.91 Å². The highest BCUT2D eigenvalue weighted by molar-refractivity contribution is 5.92. The summed E-state index contributed by atoms with van der Waals surface area (Å²) in [5.41, 5.74) is 1.33. The molecule has 1 heterocycles. The van der Waals surface area contributed by atoms with Crippen LogP contribution in [0.2, 0.25) is 0 Å². The van der Waals surface area contributed by atoms with Crippen LogP contribution in [0.5, 0.6) is 0 Å². The van der Waals surface area contributed by atoms with Crippen LogP contribution in [0.3, 0.4) is 0 Å². The van der Waals surface area contributed by atoms with Gasteiger partial charge < -0.3 is 10.4 Å². The van der Waals surface area contributed by atoms with Gasteiger partial charge in [-0.1, -0.05) is 24.6 Å². The largest absolute Gasteiger partial charge is 0.396 e. The van der Waals surface area contributed by atoms with Gasteiger partial charge in [0.25, 0.3) is 5.91 Å². The minimum atomic E-state index is -0.171. The number of aromatic nitrogens is 2. The van der Waals surface area contributed by atoms with Crippen LogP contribution in [0.25, 0.3) is 5.69 Å². The number of carbonyl (C=O) groups is 1. The Bertz CT molecular complexity index is 609. The fraction of sp³-hybridized carbons (Fsp3) is 0.375. The first kappa shape index (κ1) is 13.8. The normalized spacial score (nSPS) is 21.4. The third kappa shape index (κ3) is 2.97. The lowest BCUT2D eigenvalue weighted by Crippen LogP contribution is -2.38. The van der Waals surface area contributed by atoms with Crippen molar-refractivity contribution in [2.45, 2.75) is 25.3 Å². The molecule has 2 unspecified atom stereocenters. The third-order valence-electron chi connectivity index (χ3n) is 4.05. The van der Waals surface area contributed by atoms with Crippen molar-refractivity contribution in [2.75, 3.05) is 6.61 Å². The Morgan fingerprint density at radius 2 is 2.10 bits per heavy atom. The summed E-state index contributed by atoms with van der Waals surface area (Å²) in [4.78, 5) is 12.2. The molecule has 1 aromatic carbocycles. The first-order valence-electron chi connectivity index (χ1n) is 7.31. The Morgan fingerprint density at radius 3 is 2.86 bits per heavy atom. The number of aliphatic hydroxyl groups excluding tert-OH is 1. The monoisotopic (exact) mass is 285 g/mol. The van der Waals surface area contributed by atoms with Gasteiger partial charge in [-0.15, -0.1) is 0 Å². The number of hydrogen-bond acceptors (Lipinski definition) is 3. The van der Waals surface area contributed by atoms with Crippen LogP contribution in [0.4, 0.5) is 0 Å². The summed E-state index contributed by atoms with van der Waals surface area (Å²) in [6, 6.07) is 11.5. The Morgan fingerprint density at radius 1 is 1.29 bits per heavy atom. The van der Waals surface area contributed by atoms with Crippen LogP contribution in [-0.2, 0) is 0 Å². The molecule has 0 aliphatic heterocycles. The molecule has 110 valence electrons. The van der Waals surface area contributed by atoms with Gasteiger partial charge in [0, 0.05) is 24.8 Å². The van der Waals surface area contributed by atoms with Crippen molar-refractivity contribution in [3.63, 3.8) is 0 Å². The number of rotatable bonds is 4. The standard InChI is InChI=1S/C16H19N3O2/c20-11-12-5-4-8-14(12)17-16(21)15-9-10-19(18-15)13-6-2-1-3-7-13/h1-3,6-7,9-10,12,14,20H,4-5,8,11H2,(H,17,21). The Kier molecular flexibility index (Phi) is 4.01. The molecule has 0 saturated heterocycles. The fourth-order valence-corrected chi connectivity index (χ4v) is 2.86. The molecule has 0 radical (unpaired) electrons. The maximum absolute atomic E-state index is 12.2. The van der Waals surface area contributed by atoms with E-state index in [4.69, 9.17) is 0 Å². The second-order valence-electron chi connectivity index (χ2n) is 5.43. The summed E-state index contributed by atoms with van der Waals surface area (Å²) in [7, 11) is 0. The lowest BCUT2D eigenvalue weighted by atomic mass is 10.1. The minimum Gasteiger partial charge on any atom is -0.396 e. The first-order chi connectivity index (χ1) is 10.3. The van der Waals surface area contributed by atoms with E-state index in [1.54, 1.807) is 16.9 Å². The molecule has 1 aliphatic rings. The summed E-state index contributed by atoms with van der Waals surface area (Å²) in [5.74, 6) is 0.000176. The molecule has 1 aliphatic carbocycles. The van der Waals surface area contributed by atoms with E-state index in [1.807, 2.05) is 30.3 Å². The maximum atomic E-state index is 12.2. The van der Waals surface area contributed by atoms with Gasteiger partial charge in [-0.05, 0) is 31.0 Å². The third-order valence-corrected chi connectivity index (χ3v) is 4.05. The van der Waals surface area contributed by atoms with E-state index in [9.17, 15) is 9.90 Å². The molecule has 0 spiro atoms. The number of para-hydroxylation sites is 1. The van der Waals surface area contributed by atoms with Crippen LogP contribution >= 0.6 is 0 Å². The molecule has 1 fully saturated rings. The number of hydrogen-bond donors (Lipinski definition) is 2. The zero-order chi connectivity index (χ0) is 14.7. The number of amides is 1. The van der Waals surface area contributed by atoms with Crippen molar-refractivity contribution in [1.29, 1.82) is 0 Å². The Balaban J connectivity index is 1.70. The number of carbonyl (C=O) groups excluding carboxylic acids is 1. The van der Waals surface area contributed by atoms with E-state index >= 15 is 0 Å². The van der Waals surface area contributed by atoms with Gasteiger partial charge in [-0.2, -0.15) is 5.10 Å². The zero-order valence-corrected chi connectivity index (χ0v) is 11.8. The molecule has 0 bridgehead atoms. The summed E-state index contributed by atoms with van der Waals surface area (Å²) >= 11 is 0. The average Bonchev–Trinajstić information content (AvgIpc) is 3.17. The summed E-state index contributed by atoms with van der Waals surface area (Å²) < 4.78 is 1.69. The predicted octanol–water partition coefficient (Wildman–Crippen LogP) is 1.76. The fourth-order valence-electron chi connectivity index (χ4n) is 2.86. The molecule has 5 heteroatoms. The second kappa shape index (κ2) is 6.10. The van der Waals surface area contributed by atoms with E-state index in [0.29, 0.717) is 5.69 Å². The van der Waals surface area contributed by atoms with Gasteiger partial charge in [0.1, 0.15) is 0 Å². The number of nitrogens with zero attached hydrogens (tertiary/aromatic N) is 2. The molecular weight excluding hydrogens is 266 g/mol. The van der Waals surface area contributed by atoms with E-state index < -0.39 is 0 Å². The van der Waals surface area contributed by atoms with Crippen molar-refractivity contribution in [2.24, 2.45) is 5.92 Å². The van der Waals surface area contributed by atoms with Gasteiger partial charge in [-0.25, -0.2) is 4.68 Å². The SMILES string of the molecule is O=C(NC1CCCC1CO)c1ccn(-c2ccccc2)n1. The minimum absolute atomic E-state index is 0.0596. The van der Waals surface area contributed by atoms with Gasteiger partial charge in [0.2, 0.25) is 0 Å². The summed E-state index contributed by atoms with van der Waals surface area (Å²) in [6.07, 6.45) is 4.73. The van der Waals surface area contributed by atoms with Crippen molar-refractivity contribution in [3.8, 4) is 5.69 Å². The van der Waals surface area contributed by atoms with Crippen LogP contribution in [-0.4, -0.2) is 33.4 Å². The van der Waals surface area contributed by atoms with Crippen LogP contribution in [0.15, 0.2) is 42.6 Å². The highest BCUT2D eigenvalue weighted by Gasteiger charge is 2.28. The lowest BCUT2D eigenvalue weighted by Gasteiger charge is -2.18. The van der Waals surface area contributed by atoms with Crippen LogP contribution in [0, 0.1) is 5.92 Å². The molecule has 5 nitrogen and oxygen atoms in total. The second-order valence-corrected chi connectivity index (χ2v) is 5.43. The molecule has 2 aromatic rings. The Hall–Kier alpha value is -2.14. The van der Waals surface area contributed by atoms with Crippen molar-refractivity contribution in [1.82, 2.24) is 15.1 Å². The molecule has 2 N–H and O–H groups in total. The van der Waals surface area contributed by atoms with Gasteiger partial charge in [0.15, 0.2) is 5.69 Å². The molecule has 1 aromatic heterocycles. The van der Waals surface area contributed by atoms with E-state index in [0.717, 1.165) is 24.9 Å². The zero-order valence-electron chi connectivity index (χ0n) is 11.8. The highest BCUT2D eigenvalue weighted by atomic mass is 16.3. The number of benzene rings is 1. The quantitative estimate of drug-likeness (QED) is 0.899. The molecule has 2 atom stereocenters. The van der Waals surface area contributed by atoms with Crippen LogP contribution < -0.4 is 5.32 Å². The Labute approximate surface area is 123 Å². The highest BCUT2D eigenvalue weighted by Crippen LogP contribution is 2.25. The van der Waals surface area contributed by atoms with Gasteiger partial charge in [0.05, 0.1) is 5.69 Å². The topological polar surface area (TPSA) is 67.2 Å². The number of aliphatic hydroxyl groups is 1. The smallest absolute Gasteiger partial charge is 0.272 e. The molecular formula is C16H19N3O2. The maximum Gasteiger partial charge on any atom is 0.272 e. The van der Waals surface area contributed by atoms with E-state index in [1.165, 1.54) is 0 Å². The summed E-state index contributed by atoms with van der Waals surface area (Å²) in [6.45, 7) is 0.128. The van der Waals surface area contributed by atoms with Gasteiger partial charge >= 0.3 is 0 Å². The first-order valence-corrected chi connectivity index (χ1v) is 7.31. The van der Waals surface area contributed by atoms with Crippen molar-refractivity contribution in [3.05, 3.63) is 48.3 Å². The van der Waals surface area contributed by atoms with E-state index in [-0.39, 0.29) is 24.5 Å². The molecule has 1 amide bonds. The van der Waals surface area contributed by atoms with Crippen molar-refractivity contribution < 1.29 is 9.90 Å². The molecule has 3 rings (SSSR count). The van der Waals surface area contributed by atoms with Crippen LogP contribution in [0.1, 0.15) is 29.8 Å².